The highest BCUT2D eigenvalue weighted by molar-refractivity contribution is 5.93. The molecule has 0 aromatic carbocycles. The molecule has 0 aromatic heterocycles. The zero-order valence-electron chi connectivity index (χ0n) is 8.99. The van der Waals surface area contributed by atoms with Gasteiger partial charge in [-0.1, -0.05) is 12.8 Å². The third-order valence-electron chi connectivity index (χ3n) is 2.53. The highest BCUT2D eigenvalue weighted by Gasteiger charge is 2.31. The summed E-state index contributed by atoms with van der Waals surface area (Å²) < 4.78 is 0. The van der Waals surface area contributed by atoms with Crippen molar-refractivity contribution in [3.63, 3.8) is 0 Å². The van der Waals surface area contributed by atoms with Gasteiger partial charge in [0.25, 0.3) is 5.91 Å². The standard InChI is InChI=1S/C11H15NO3/c1-3-4-10(13)12-6-8(2)5-9(7-12)11(14)15/h8-9H,5-7H2,1-2H3,(H,14,15). The molecule has 1 amide bonds. The average Bonchev–Trinajstić information content (AvgIpc) is 2.17. The van der Waals surface area contributed by atoms with Gasteiger partial charge in [0.15, 0.2) is 0 Å². The fraction of sp³-hybridized carbons (Fsp3) is 0.636. The molecule has 15 heavy (non-hydrogen) atoms. The van der Waals surface area contributed by atoms with Gasteiger partial charge in [0.05, 0.1) is 5.92 Å². The molecular weight excluding hydrogens is 194 g/mol. The molecule has 1 saturated heterocycles. The third-order valence-corrected chi connectivity index (χ3v) is 2.53. The molecule has 1 aliphatic rings. The van der Waals surface area contributed by atoms with Crippen molar-refractivity contribution in [3.8, 4) is 11.8 Å². The van der Waals surface area contributed by atoms with Crippen LogP contribution in [0.15, 0.2) is 0 Å². The number of likely N-dealkylation sites (tertiary alicyclic amines) is 1. The number of nitrogens with zero attached hydrogens (tertiary/aromatic N) is 1. The van der Waals surface area contributed by atoms with Crippen molar-refractivity contribution in [2.45, 2.75) is 20.3 Å². The molecular formula is C11H15NO3. The topological polar surface area (TPSA) is 57.6 Å². The number of hydrogen-bond donors (Lipinski definition) is 1. The number of amides is 1. The smallest absolute Gasteiger partial charge is 0.308 e. The summed E-state index contributed by atoms with van der Waals surface area (Å²) >= 11 is 0. The van der Waals surface area contributed by atoms with E-state index in [1.54, 1.807) is 6.92 Å². The van der Waals surface area contributed by atoms with Gasteiger partial charge in [-0.2, -0.15) is 0 Å². The van der Waals surface area contributed by atoms with Gasteiger partial charge in [-0.05, 0) is 25.2 Å². The van der Waals surface area contributed by atoms with Crippen LogP contribution in [0.2, 0.25) is 0 Å². The Labute approximate surface area is 89.3 Å². The van der Waals surface area contributed by atoms with Crippen molar-refractivity contribution in [1.82, 2.24) is 4.90 Å². The van der Waals surface area contributed by atoms with Gasteiger partial charge < -0.3 is 10.0 Å². The van der Waals surface area contributed by atoms with E-state index in [0.717, 1.165) is 0 Å². The van der Waals surface area contributed by atoms with Crippen molar-refractivity contribution >= 4 is 11.9 Å². The second-order valence-electron chi connectivity index (χ2n) is 3.96. The molecule has 4 nitrogen and oxygen atoms in total. The summed E-state index contributed by atoms with van der Waals surface area (Å²) in [5.74, 6) is 3.65. The molecule has 0 spiro atoms. The minimum absolute atomic E-state index is 0.224. The van der Waals surface area contributed by atoms with Crippen molar-refractivity contribution in [2.75, 3.05) is 13.1 Å². The van der Waals surface area contributed by atoms with E-state index in [9.17, 15) is 9.59 Å². The quantitative estimate of drug-likeness (QED) is 0.643. The molecule has 0 bridgehead atoms. The lowest BCUT2D eigenvalue weighted by Gasteiger charge is -2.33. The third kappa shape index (κ3) is 2.98. The van der Waals surface area contributed by atoms with Gasteiger partial charge in [0, 0.05) is 13.1 Å². The van der Waals surface area contributed by atoms with Crippen LogP contribution in [0.5, 0.6) is 0 Å². The molecule has 1 rings (SSSR count). The maximum Gasteiger partial charge on any atom is 0.308 e. The Morgan fingerprint density at radius 3 is 2.60 bits per heavy atom. The van der Waals surface area contributed by atoms with Crippen LogP contribution in [0, 0.1) is 23.7 Å². The van der Waals surface area contributed by atoms with E-state index >= 15 is 0 Å². The zero-order chi connectivity index (χ0) is 11.4. The molecule has 1 heterocycles. The number of carbonyl (C=O) groups is 2. The van der Waals surface area contributed by atoms with E-state index in [-0.39, 0.29) is 18.4 Å². The maximum absolute atomic E-state index is 11.5. The summed E-state index contributed by atoms with van der Waals surface area (Å²) in [6.45, 7) is 4.44. The summed E-state index contributed by atoms with van der Waals surface area (Å²) in [5.41, 5.74) is 0. The van der Waals surface area contributed by atoms with Crippen molar-refractivity contribution in [3.05, 3.63) is 0 Å². The van der Waals surface area contributed by atoms with Crippen LogP contribution in [0.3, 0.4) is 0 Å². The fourth-order valence-electron chi connectivity index (χ4n) is 1.88. The summed E-state index contributed by atoms with van der Waals surface area (Å²) in [4.78, 5) is 23.9. The number of rotatable bonds is 1. The minimum Gasteiger partial charge on any atom is -0.481 e. The van der Waals surface area contributed by atoms with Crippen LogP contribution in [0.4, 0.5) is 0 Å². The Hall–Kier alpha value is -1.50. The van der Waals surface area contributed by atoms with E-state index in [1.807, 2.05) is 6.92 Å². The molecule has 82 valence electrons. The van der Waals surface area contributed by atoms with Crippen molar-refractivity contribution in [1.29, 1.82) is 0 Å². The summed E-state index contributed by atoms with van der Waals surface area (Å²) in [5, 5.41) is 8.91. The number of piperidine rings is 1. The van der Waals surface area contributed by atoms with E-state index in [1.165, 1.54) is 4.90 Å². The predicted octanol–water partition coefficient (Wildman–Crippen LogP) is 0.579. The van der Waals surface area contributed by atoms with Gasteiger partial charge in [-0.25, -0.2) is 0 Å². The molecule has 4 heteroatoms. The monoisotopic (exact) mass is 209 g/mol. The average molecular weight is 209 g/mol. The van der Waals surface area contributed by atoms with Gasteiger partial charge in [-0.3, -0.25) is 9.59 Å². The van der Waals surface area contributed by atoms with Crippen LogP contribution >= 0.6 is 0 Å². The second kappa shape index (κ2) is 4.83. The normalized spacial score (nSPS) is 25.3. The molecule has 0 saturated carbocycles. The Kier molecular flexibility index (Phi) is 3.73. The molecule has 1 fully saturated rings. The highest BCUT2D eigenvalue weighted by Crippen LogP contribution is 2.21. The maximum atomic E-state index is 11.5. The van der Waals surface area contributed by atoms with Crippen LogP contribution in [0.1, 0.15) is 20.3 Å². The van der Waals surface area contributed by atoms with Crippen LogP contribution in [0.25, 0.3) is 0 Å². The van der Waals surface area contributed by atoms with E-state index in [4.69, 9.17) is 5.11 Å². The molecule has 0 radical (unpaired) electrons. The van der Waals surface area contributed by atoms with Crippen LogP contribution < -0.4 is 0 Å². The Morgan fingerprint density at radius 1 is 1.40 bits per heavy atom. The first kappa shape index (κ1) is 11.6. The SMILES string of the molecule is CC#CC(=O)N1CC(C)CC(C(=O)O)C1. The molecule has 0 aliphatic carbocycles. The fourth-order valence-corrected chi connectivity index (χ4v) is 1.88. The molecule has 2 unspecified atom stereocenters. The largest absolute Gasteiger partial charge is 0.481 e. The highest BCUT2D eigenvalue weighted by atomic mass is 16.4. The number of hydrogen-bond acceptors (Lipinski definition) is 2. The van der Waals surface area contributed by atoms with Gasteiger partial charge in [0.2, 0.25) is 0 Å². The predicted molar refractivity (Wildman–Crippen MR) is 54.9 cm³/mol. The number of carbonyl (C=O) groups excluding carboxylic acids is 1. The number of aliphatic carboxylic acids is 1. The Bertz CT molecular complexity index is 326. The minimum atomic E-state index is -0.830. The lowest BCUT2D eigenvalue weighted by atomic mass is 9.90. The first-order chi connectivity index (χ1) is 7.04. The van der Waals surface area contributed by atoms with Gasteiger partial charge >= 0.3 is 5.97 Å². The first-order valence-electron chi connectivity index (χ1n) is 4.99. The summed E-state index contributed by atoms with van der Waals surface area (Å²) in [6.07, 6.45) is 0.638. The van der Waals surface area contributed by atoms with Crippen LogP contribution in [-0.4, -0.2) is 35.0 Å². The number of carboxylic acid groups (broad SMARTS) is 1. The van der Waals surface area contributed by atoms with Gasteiger partial charge in [0.1, 0.15) is 0 Å². The number of carboxylic acids is 1. The lowest BCUT2D eigenvalue weighted by Crippen LogP contribution is -2.45. The van der Waals surface area contributed by atoms with E-state index < -0.39 is 11.9 Å². The van der Waals surface area contributed by atoms with Crippen LogP contribution in [-0.2, 0) is 9.59 Å². The molecule has 1 N–H and O–H groups in total. The van der Waals surface area contributed by atoms with Gasteiger partial charge in [-0.15, -0.1) is 0 Å². The van der Waals surface area contributed by atoms with Crippen molar-refractivity contribution in [2.24, 2.45) is 11.8 Å². The second-order valence-corrected chi connectivity index (χ2v) is 3.96. The Morgan fingerprint density at radius 2 is 2.07 bits per heavy atom. The lowest BCUT2D eigenvalue weighted by molar-refractivity contribution is -0.145. The zero-order valence-corrected chi connectivity index (χ0v) is 8.99. The summed E-state index contributed by atoms with van der Waals surface area (Å²) in [6, 6.07) is 0. The first-order valence-corrected chi connectivity index (χ1v) is 4.99. The summed E-state index contributed by atoms with van der Waals surface area (Å²) in [7, 11) is 0. The Balaban J connectivity index is 2.69. The van der Waals surface area contributed by atoms with E-state index in [2.05, 4.69) is 11.8 Å². The molecule has 0 aromatic rings. The molecule has 1 aliphatic heterocycles. The van der Waals surface area contributed by atoms with Crippen molar-refractivity contribution < 1.29 is 14.7 Å². The molecule has 2 atom stereocenters. The van der Waals surface area contributed by atoms with E-state index in [0.29, 0.717) is 13.0 Å².